The maximum atomic E-state index is 12.6. The van der Waals surface area contributed by atoms with Crippen LogP contribution in [0.5, 0.6) is 0 Å². The first kappa shape index (κ1) is 27.5. The smallest absolute Gasteiger partial charge is 0.269 e. The maximum Gasteiger partial charge on any atom is 0.269 e. The molecule has 2 N–H and O–H groups in total. The summed E-state index contributed by atoms with van der Waals surface area (Å²) in [6, 6.07) is 12.5. The molecule has 2 amide bonds. The van der Waals surface area contributed by atoms with E-state index in [9.17, 15) is 9.59 Å². The molecule has 6 heteroatoms. The quantitative estimate of drug-likeness (QED) is 0.385. The van der Waals surface area contributed by atoms with Crippen LogP contribution >= 0.6 is 0 Å². The number of amides is 2. The van der Waals surface area contributed by atoms with Gasteiger partial charge in [0.2, 0.25) is 0 Å². The van der Waals surface area contributed by atoms with Gasteiger partial charge in [0.05, 0.1) is 53.1 Å². The Hall–Kier alpha value is -2.70. The zero-order chi connectivity index (χ0) is 25.5. The van der Waals surface area contributed by atoms with Crippen molar-refractivity contribution in [1.29, 1.82) is 0 Å². The van der Waals surface area contributed by atoms with Crippen LogP contribution in [0.1, 0.15) is 49.9 Å². The molecule has 0 aliphatic rings. The predicted molar refractivity (Wildman–Crippen MR) is 140 cm³/mol. The van der Waals surface area contributed by atoms with Crippen molar-refractivity contribution < 1.29 is 18.8 Å². The highest BCUT2D eigenvalue weighted by Gasteiger charge is 2.21. The van der Waals surface area contributed by atoms with E-state index in [1.165, 1.54) is 0 Å². The third kappa shape index (κ3) is 7.15. The van der Waals surface area contributed by atoms with Gasteiger partial charge >= 0.3 is 0 Å². The first-order valence-corrected chi connectivity index (χ1v) is 12.5. The fourth-order valence-electron chi connectivity index (χ4n) is 4.09. The monoisotopic (exact) mass is 468 g/mol. The second-order valence-electron chi connectivity index (χ2n) is 9.78. The summed E-state index contributed by atoms with van der Waals surface area (Å²) in [5.74, 6) is 0.0797. The van der Waals surface area contributed by atoms with Gasteiger partial charge in [0.25, 0.3) is 11.8 Å². The van der Waals surface area contributed by atoms with E-state index in [1.807, 2.05) is 26.2 Å². The van der Waals surface area contributed by atoms with Crippen LogP contribution in [-0.2, 0) is 22.4 Å². The van der Waals surface area contributed by atoms with Crippen LogP contribution in [0.3, 0.4) is 0 Å². The number of carbonyl (C=O) groups excluding carboxylic acids is 2. The Labute approximate surface area is 206 Å². The lowest BCUT2D eigenvalue weighted by Crippen LogP contribution is -2.57. The number of hydrogen-bond acceptors (Lipinski definition) is 2. The van der Waals surface area contributed by atoms with Gasteiger partial charge in [0.15, 0.2) is 0 Å². The Balaban J connectivity index is 2.13. The van der Waals surface area contributed by atoms with Gasteiger partial charge in [0, 0.05) is 0 Å². The van der Waals surface area contributed by atoms with E-state index < -0.39 is 0 Å². The highest BCUT2D eigenvalue weighted by atomic mass is 16.2. The number of aryl methyl sites for hydroxylation is 2. The highest BCUT2D eigenvalue weighted by molar-refractivity contribution is 5.79. The molecule has 0 heterocycles. The minimum Gasteiger partial charge on any atom is -0.270 e. The molecule has 0 radical (unpaired) electrons. The van der Waals surface area contributed by atoms with Crippen molar-refractivity contribution in [3.63, 3.8) is 0 Å². The highest BCUT2D eigenvalue weighted by Crippen LogP contribution is 2.28. The van der Waals surface area contributed by atoms with E-state index in [1.54, 1.807) is 0 Å². The number of carbonyl (C=O) groups is 2. The number of nitrogens with zero attached hydrogens (tertiary/aromatic N) is 2. The second kappa shape index (κ2) is 11.6. The number of benzene rings is 2. The lowest BCUT2D eigenvalue weighted by atomic mass is 9.93. The van der Waals surface area contributed by atoms with Crippen LogP contribution in [0, 0.1) is 13.8 Å². The van der Waals surface area contributed by atoms with Gasteiger partial charge in [0.1, 0.15) is 0 Å². The van der Waals surface area contributed by atoms with Crippen LogP contribution in [0.15, 0.2) is 36.4 Å². The summed E-state index contributed by atoms with van der Waals surface area (Å²) in [7, 11) is 4.07. The Morgan fingerprint density at radius 3 is 1.24 bits per heavy atom. The molecule has 0 aromatic heterocycles. The Morgan fingerprint density at radius 2 is 0.971 bits per heavy atom. The van der Waals surface area contributed by atoms with Crippen molar-refractivity contribution >= 4 is 11.8 Å². The average Bonchev–Trinajstić information content (AvgIpc) is 2.79. The molecule has 34 heavy (non-hydrogen) atoms. The van der Waals surface area contributed by atoms with E-state index in [2.05, 4.69) is 76.7 Å². The SMILES string of the molecule is CC[N+](C)(CC)NC(=O)Cc1ccc(-c2ccc(CC(=O)N[N+](C)(CC)CC)cc2C)c(C)c1. The van der Waals surface area contributed by atoms with E-state index in [0.29, 0.717) is 22.0 Å². The van der Waals surface area contributed by atoms with Crippen LogP contribution in [0.2, 0.25) is 0 Å². The van der Waals surface area contributed by atoms with Gasteiger partial charge in [-0.15, -0.1) is 0 Å². The number of rotatable bonds is 11. The van der Waals surface area contributed by atoms with Crippen LogP contribution < -0.4 is 10.9 Å². The zero-order valence-electron chi connectivity index (χ0n) is 22.4. The van der Waals surface area contributed by atoms with E-state index in [-0.39, 0.29) is 11.8 Å². The van der Waals surface area contributed by atoms with Crippen molar-refractivity contribution in [3.8, 4) is 11.1 Å². The fourth-order valence-corrected chi connectivity index (χ4v) is 4.09. The van der Waals surface area contributed by atoms with Crippen molar-refractivity contribution in [1.82, 2.24) is 10.9 Å². The molecule has 2 aromatic carbocycles. The fraction of sp³-hybridized carbons (Fsp3) is 0.500. The van der Waals surface area contributed by atoms with E-state index >= 15 is 0 Å². The van der Waals surface area contributed by atoms with Gasteiger partial charge < -0.3 is 0 Å². The van der Waals surface area contributed by atoms with E-state index in [0.717, 1.165) is 59.6 Å². The standard InChI is InChI=1S/C28H42N4O2/c1-9-31(7,10-2)29-27(33)19-23-13-15-25(21(5)17-23)26-16-14-24(18-22(26)6)20-28(34)30-32(8,11-3)12-4/h13-18H,9-12,19-20H2,1-8H3/p+2. The summed E-state index contributed by atoms with van der Waals surface area (Å²) in [4.78, 5) is 25.1. The molecule has 0 fully saturated rings. The summed E-state index contributed by atoms with van der Waals surface area (Å²) in [6.07, 6.45) is 0.740. The number of hydrogen-bond donors (Lipinski definition) is 2. The molecule has 186 valence electrons. The summed E-state index contributed by atoms with van der Waals surface area (Å²) in [5, 5.41) is 0. The second-order valence-corrected chi connectivity index (χ2v) is 9.78. The minimum absolute atomic E-state index is 0.0398. The summed E-state index contributed by atoms with van der Waals surface area (Å²) in [5.41, 5.74) is 12.9. The molecule has 6 nitrogen and oxygen atoms in total. The molecule has 0 saturated heterocycles. The zero-order valence-corrected chi connectivity index (χ0v) is 22.4. The molecule has 0 unspecified atom stereocenters. The first-order chi connectivity index (χ1) is 16.0. The van der Waals surface area contributed by atoms with Gasteiger partial charge in [-0.1, -0.05) is 36.4 Å². The Bertz CT molecular complexity index is 926. The molecule has 2 aromatic rings. The van der Waals surface area contributed by atoms with Gasteiger partial charge in [-0.05, 0) is 74.9 Å². The van der Waals surface area contributed by atoms with Crippen LogP contribution in [0.25, 0.3) is 11.1 Å². The van der Waals surface area contributed by atoms with Crippen molar-refractivity contribution in [2.24, 2.45) is 0 Å². The van der Waals surface area contributed by atoms with E-state index in [4.69, 9.17) is 0 Å². The van der Waals surface area contributed by atoms with Gasteiger partial charge in [-0.3, -0.25) is 9.59 Å². The third-order valence-corrected chi connectivity index (χ3v) is 7.18. The molecular weight excluding hydrogens is 424 g/mol. The predicted octanol–water partition coefficient (Wildman–Crippen LogP) is 4.09. The Kier molecular flexibility index (Phi) is 9.42. The maximum absolute atomic E-state index is 12.6. The summed E-state index contributed by atoms with van der Waals surface area (Å²) in [6.45, 7) is 15.9. The van der Waals surface area contributed by atoms with Crippen molar-refractivity contribution in [3.05, 3.63) is 58.7 Å². The molecular formula is C28H44N4O2+2. The molecule has 0 saturated carbocycles. The largest absolute Gasteiger partial charge is 0.270 e. The topological polar surface area (TPSA) is 58.2 Å². The van der Waals surface area contributed by atoms with Crippen molar-refractivity contribution in [2.75, 3.05) is 40.3 Å². The van der Waals surface area contributed by atoms with Crippen LogP contribution in [0.4, 0.5) is 0 Å². The molecule has 0 atom stereocenters. The Morgan fingerprint density at radius 1 is 0.647 bits per heavy atom. The third-order valence-electron chi connectivity index (χ3n) is 7.18. The lowest BCUT2D eigenvalue weighted by molar-refractivity contribution is -0.940. The normalized spacial score (nSPS) is 11.9. The lowest BCUT2D eigenvalue weighted by Gasteiger charge is -2.31. The van der Waals surface area contributed by atoms with Crippen LogP contribution in [-0.4, -0.2) is 61.3 Å². The molecule has 0 aliphatic heterocycles. The summed E-state index contributed by atoms with van der Waals surface area (Å²) < 4.78 is 1.07. The average molecular weight is 469 g/mol. The number of nitrogens with one attached hydrogen (secondary N) is 2. The number of quaternary nitrogens is 2. The molecule has 0 spiro atoms. The van der Waals surface area contributed by atoms with Gasteiger partial charge in [-0.25, -0.2) is 20.0 Å². The van der Waals surface area contributed by atoms with Crippen molar-refractivity contribution in [2.45, 2.75) is 54.4 Å². The summed E-state index contributed by atoms with van der Waals surface area (Å²) >= 11 is 0. The first-order valence-electron chi connectivity index (χ1n) is 12.5. The molecule has 0 bridgehead atoms. The minimum atomic E-state index is 0.0398. The van der Waals surface area contributed by atoms with Gasteiger partial charge in [-0.2, -0.15) is 0 Å². The molecule has 2 rings (SSSR count). The molecule has 0 aliphatic carbocycles.